The maximum Gasteiger partial charge on any atom is 0.127 e. The number of anilines is 1. The predicted octanol–water partition coefficient (Wildman–Crippen LogP) is 3.30. The molecule has 0 radical (unpaired) electrons. The zero-order valence-corrected chi connectivity index (χ0v) is 11.1. The highest BCUT2D eigenvalue weighted by atomic mass is 16.5. The van der Waals surface area contributed by atoms with Crippen LogP contribution in [0.4, 0.5) is 5.69 Å². The van der Waals surface area contributed by atoms with Gasteiger partial charge in [0.2, 0.25) is 0 Å². The number of hydrogen-bond acceptors (Lipinski definition) is 3. The van der Waals surface area contributed by atoms with Crippen molar-refractivity contribution in [2.45, 2.75) is 6.42 Å². The Morgan fingerprint density at radius 2 is 1.58 bits per heavy atom. The van der Waals surface area contributed by atoms with Crippen molar-refractivity contribution in [3.8, 4) is 11.5 Å². The lowest BCUT2D eigenvalue weighted by Crippen LogP contribution is -2.19. The molecule has 2 aromatic carbocycles. The molecule has 0 amide bonds. The van der Waals surface area contributed by atoms with Crippen molar-refractivity contribution in [3.05, 3.63) is 54.6 Å². The summed E-state index contributed by atoms with van der Waals surface area (Å²) < 4.78 is 5.74. The van der Waals surface area contributed by atoms with Gasteiger partial charge in [-0.15, -0.1) is 0 Å². The first-order valence-corrected chi connectivity index (χ1v) is 6.44. The van der Waals surface area contributed by atoms with Gasteiger partial charge in [-0.2, -0.15) is 0 Å². The summed E-state index contributed by atoms with van der Waals surface area (Å²) in [4.78, 5) is 2.11. The molecular weight excluding hydrogens is 238 g/mol. The minimum Gasteiger partial charge on any atom is -0.457 e. The standard InChI is InChI=1S/C16H19NO2/c1-17(12-5-13-18)14-8-10-16(11-9-14)19-15-6-3-2-4-7-15/h2-4,6-11,18H,5,12-13H2,1H3. The zero-order chi connectivity index (χ0) is 13.5. The molecule has 0 saturated heterocycles. The van der Waals surface area contributed by atoms with E-state index in [1.165, 1.54) is 0 Å². The number of rotatable bonds is 6. The summed E-state index contributed by atoms with van der Waals surface area (Å²) in [6, 6.07) is 17.7. The minimum atomic E-state index is 0.222. The molecule has 19 heavy (non-hydrogen) atoms. The molecule has 2 aromatic rings. The second-order valence-electron chi connectivity index (χ2n) is 4.41. The topological polar surface area (TPSA) is 32.7 Å². The van der Waals surface area contributed by atoms with Gasteiger partial charge in [0.05, 0.1) is 0 Å². The molecule has 3 heteroatoms. The van der Waals surface area contributed by atoms with E-state index in [1.807, 2.05) is 61.6 Å². The molecule has 3 nitrogen and oxygen atoms in total. The Morgan fingerprint density at radius 1 is 0.947 bits per heavy atom. The molecule has 1 N–H and O–H groups in total. The van der Waals surface area contributed by atoms with Crippen LogP contribution in [0, 0.1) is 0 Å². The Bertz CT molecular complexity index is 482. The van der Waals surface area contributed by atoms with Crippen LogP contribution < -0.4 is 9.64 Å². The second-order valence-corrected chi connectivity index (χ2v) is 4.41. The van der Waals surface area contributed by atoms with Gasteiger partial charge in [0.15, 0.2) is 0 Å². The highest BCUT2D eigenvalue weighted by Gasteiger charge is 2.01. The van der Waals surface area contributed by atoms with Crippen molar-refractivity contribution in [2.75, 3.05) is 25.1 Å². The summed E-state index contributed by atoms with van der Waals surface area (Å²) in [7, 11) is 2.02. The Kier molecular flexibility index (Phi) is 4.81. The molecule has 0 fully saturated rings. The van der Waals surface area contributed by atoms with Gasteiger partial charge < -0.3 is 14.7 Å². The van der Waals surface area contributed by atoms with E-state index in [9.17, 15) is 0 Å². The molecule has 100 valence electrons. The van der Waals surface area contributed by atoms with Crippen molar-refractivity contribution in [1.82, 2.24) is 0 Å². The van der Waals surface area contributed by atoms with E-state index in [0.29, 0.717) is 0 Å². The highest BCUT2D eigenvalue weighted by molar-refractivity contribution is 5.49. The average Bonchev–Trinajstić information content (AvgIpc) is 2.46. The monoisotopic (exact) mass is 257 g/mol. The van der Waals surface area contributed by atoms with Crippen LogP contribution in [0.15, 0.2) is 54.6 Å². The summed E-state index contributed by atoms with van der Waals surface area (Å²) in [6.45, 7) is 1.06. The SMILES string of the molecule is CN(CCCO)c1ccc(Oc2ccccc2)cc1. The number of aliphatic hydroxyl groups is 1. The third-order valence-electron chi connectivity index (χ3n) is 2.91. The van der Waals surface area contributed by atoms with Crippen molar-refractivity contribution >= 4 is 5.69 Å². The highest BCUT2D eigenvalue weighted by Crippen LogP contribution is 2.23. The third-order valence-corrected chi connectivity index (χ3v) is 2.91. The van der Waals surface area contributed by atoms with E-state index >= 15 is 0 Å². The normalized spacial score (nSPS) is 10.2. The average molecular weight is 257 g/mol. The second kappa shape index (κ2) is 6.81. The van der Waals surface area contributed by atoms with E-state index in [0.717, 1.165) is 30.2 Å². The predicted molar refractivity (Wildman–Crippen MR) is 77.9 cm³/mol. The number of benzene rings is 2. The maximum absolute atomic E-state index is 8.82. The van der Waals surface area contributed by atoms with Gasteiger partial charge in [0.25, 0.3) is 0 Å². The van der Waals surface area contributed by atoms with Gasteiger partial charge in [0.1, 0.15) is 11.5 Å². The first-order valence-electron chi connectivity index (χ1n) is 6.44. The maximum atomic E-state index is 8.82. The molecule has 0 aliphatic rings. The largest absolute Gasteiger partial charge is 0.457 e. The van der Waals surface area contributed by atoms with Crippen molar-refractivity contribution in [2.24, 2.45) is 0 Å². The molecule has 0 aliphatic heterocycles. The molecule has 0 aliphatic carbocycles. The van der Waals surface area contributed by atoms with Gasteiger partial charge in [-0.05, 0) is 42.8 Å². The van der Waals surface area contributed by atoms with Crippen LogP contribution in [0.2, 0.25) is 0 Å². The molecule has 0 aromatic heterocycles. The van der Waals surface area contributed by atoms with E-state index in [1.54, 1.807) is 0 Å². The van der Waals surface area contributed by atoms with Gasteiger partial charge in [0, 0.05) is 25.9 Å². The van der Waals surface area contributed by atoms with Gasteiger partial charge in [-0.25, -0.2) is 0 Å². The van der Waals surface area contributed by atoms with Crippen LogP contribution in [0.3, 0.4) is 0 Å². The van der Waals surface area contributed by atoms with Crippen molar-refractivity contribution in [3.63, 3.8) is 0 Å². The molecule has 0 unspecified atom stereocenters. The zero-order valence-electron chi connectivity index (χ0n) is 11.1. The smallest absolute Gasteiger partial charge is 0.127 e. The van der Waals surface area contributed by atoms with Crippen molar-refractivity contribution < 1.29 is 9.84 Å². The Balaban J connectivity index is 1.98. The lowest BCUT2D eigenvalue weighted by molar-refractivity contribution is 0.290. The molecule has 0 saturated carbocycles. The van der Waals surface area contributed by atoms with Crippen LogP contribution in [0.1, 0.15) is 6.42 Å². The van der Waals surface area contributed by atoms with E-state index < -0.39 is 0 Å². The summed E-state index contributed by atoms with van der Waals surface area (Å²) in [6.07, 6.45) is 0.777. The number of ether oxygens (including phenoxy) is 1. The Morgan fingerprint density at radius 3 is 2.21 bits per heavy atom. The minimum absolute atomic E-state index is 0.222. The Labute approximate surface area is 114 Å². The fraction of sp³-hybridized carbons (Fsp3) is 0.250. The fourth-order valence-electron chi connectivity index (χ4n) is 1.83. The molecular formula is C16H19NO2. The quantitative estimate of drug-likeness (QED) is 0.862. The molecule has 0 spiro atoms. The van der Waals surface area contributed by atoms with Crippen LogP contribution in [0.25, 0.3) is 0 Å². The van der Waals surface area contributed by atoms with E-state index in [2.05, 4.69) is 4.90 Å². The lowest BCUT2D eigenvalue weighted by Gasteiger charge is -2.19. The van der Waals surface area contributed by atoms with Gasteiger partial charge >= 0.3 is 0 Å². The van der Waals surface area contributed by atoms with Crippen LogP contribution in [-0.4, -0.2) is 25.3 Å². The number of nitrogens with zero attached hydrogens (tertiary/aromatic N) is 1. The Hall–Kier alpha value is -2.00. The molecule has 2 rings (SSSR count). The number of para-hydroxylation sites is 1. The summed E-state index contributed by atoms with van der Waals surface area (Å²) in [5.41, 5.74) is 1.12. The summed E-state index contributed by atoms with van der Waals surface area (Å²) in [5.74, 6) is 1.66. The first-order chi connectivity index (χ1) is 9.29. The molecule has 0 bridgehead atoms. The third kappa shape index (κ3) is 4.00. The van der Waals surface area contributed by atoms with E-state index in [4.69, 9.17) is 9.84 Å². The number of aliphatic hydroxyl groups excluding tert-OH is 1. The molecule has 0 atom stereocenters. The van der Waals surface area contributed by atoms with Gasteiger partial charge in [-0.3, -0.25) is 0 Å². The van der Waals surface area contributed by atoms with Gasteiger partial charge in [-0.1, -0.05) is 18.2 Å². The van der Waals surface area contributed by atoms with Crippen molar-refractivity contribution in [1.29, 1.82) is 0 Å². The fourth-order valence-corrected chi connectivity index (χ4v) is 1.83. The number of hydrogen-bond donors (Lipinski definition) is 1. The van der Waals surface area contributed by atoms with Crippen LogP contribution in [-0.2, 0) is 0 Å². The summed E-state index contributed by atoms with van der Waals surface area (Å²) >= 11 is 0. The van der Waals surface area contributed by atoms with Crippen LogP contribution >= 0.6 is 0 Å². The summed E-state index contributed by atoms with van der Waals surface area (Å²) in [5, 5.41) is 8.82. The first kappa shape index (κ1) is 13.4. The van der Waals surface area contributed by atoms with E-state index in [-0.39, 0.29) is 6.61 Å². The van der Waals surface area contributed by atoms with Crippen LogP contribution in [0.5, 0.6) is 11.5 Å². The lowest BCUT2D eigenvalue weighted by atomic mass is 10.2. The molecule has 0 heterocycles.